The van der Waals surface area contributed by atoms with E-state index in [1.54, 1.807) is 18.3 Å². The van der Waals surface area contributed by atoms with E-state index in [-0.39, 0.29) is 29.7 Å². The maximum atomic E-state index is 12.3. The molecule has 2 N–H and O–H groups in total. The van der Waals surface area contributed by atoms with Gasteiger partial charge in [0.25, 0.3) is 0 Å². The third-order valence-electron chi connectivity index (χ3n) is 3.29. The average Bonchev–Trinajstić information content (AvgIpc) is 2.60. The lowest BCUT2D eigenvalue weighted by Gasteiger charge is -2.11. The van der Waals surface area contributed by atoms with E-state index < -0.39 is 6.61 Å². The Balaban J connectivity index is 0.00000338. The van der Waals surface area contributed by atoms with Gasteiger partial charge in [-0.3, -0.25) is 4.98 Å². The lowest BCUT2D eigenvalue weighted by atomic mass is 10.2. The lowest BCUT2D eigenvalue weighted by molar-refractivity contribution is -0.0498. The summed E-state index contributed by atoms with van der Waals surface area (Å²) in [4.78, 5) is 8.74. The Bertz CT molecular complexity index is 671. The molecule has 5 nitrogen and oxygen atoms in total. The number of benzene rings is 1. The van der Waals surface area contributed by atoms with Crippen LogP contribution in [0.4, 0.5) is 8.78 Å². The molecule has 0 aliphatic heterocycles. The third-order valence-corrected chi connectivity index (χ3v) is 3.29. The van der Waals surface area contributed by atoms with Crippen LogP contribution in [0.15, 0.2) is 53.7 Å². The molecular weight excluding hydrogens is 453 g/mol. The maximum absolute atomic E-state index is 12.3. The molecule has 1 heterocycles. The van der Waals surface area contributed by atoms with Crippen LogP contribution in [0.25, 0.3) is 0 Å². The van der Waals surface area contributed by atoms with Crippen molar-refractivity contribution in [3.05, 3.63) is 59.9 Å². The summed E-state index contributed by atoms with van der Waals surface area (Å²) in [5, 5.41) is 6.39. The van der Waals surface area contributed by atoms with Gasteiger partial charge in [0.05, 0.1) is 6.54 Å². The van der Waals surface area contributed by atoms with Gasteiger partial charge in [0.1, 0.15) is 5.75 Å². The van der Waals surface area contributed by atoms with E-state index >= 15 is 0 Å². The van der Waals surface area contributed by atoms with Crippen molar-refractivity contribution in [3.8, 4) is 5.75 Å². The summed E-state index contributed by atoms with van der Waals surface area (Å²) in [6.45, 7) is 0.928. The fraction of sp³-hybridized carbons (Fsp3) is 0.333. The molecule has 26 heavy (non-hydrogen) atoms. The Morgan fingerprint density at radius 2 is 2.04 bits per heavy atom. The minimum absolute atomic E-state index is 0. The van der Waals surface area contributed by atoms with Crippen molar-refractivity contribution in [2.75, 3.05) is 13.1 Å². The summed E-state index contributed by atoms with van der Waals surface area (Å²) in [5.41, 5.74) is 1.79. The van der Waals surface area contributed by atoms with Crippen LogP contribution < -0.4 is 15.4 Å². The van der Waals surface area contributed by atoms with Gasteiger partial charge in [-0.25, -0.2) is 4.99 Å². The number of aliphatic imine (C=N–C) groups is 1. The Morgan fingerprint density at radius 3 is 2.73 bits per heavy atom. The first kappa shape index (κ1) is 22.1. The summed E-state index contributed by atoms with van der Waals surface area (Å²) < 4.78 is 28.9. The second-order valence-corrected chi connectivity index (χ2v) is 5.22. The number of halogens is 3. The highest BCUT2D eigenvalue weighted by Crippen LogP contribution is 2.16. The van der Waals surface area contributed by atoms with Gasteiger partial charge in [0, 0.05) is 31.4 Å². The molecule has 0 fully saturated rings. The summed E-state index contributed by atoms with van der Waals surface area (Å²) in [6.07, 6.45) is 2.55. The molecule has 0 unspecified atom stereocenters. The Hall–Kier alpha value is -1.97. The van der Waals surface area contributed by atoms with Gasteiger partial charge in [-0.05, 0) is 36.8 Å². The van der Waals surface area contributed by atoms with Crippen molar-refractivity contribution in [1.29, 1.82) is 0 Å². The zero-order chi connectivity index (χ0) is 17.9. The molecular formula is C18H23F2IN4O. The van der Waals surface area contributed by atoms with Crippen molar-refractivity contribution in [2.45, 2.75) is 26.5 Å². The summed E-state index contributed by atoms with van der Waals surface area (Å²) in [7, 11) is 0. The molecule has 1 aromatic heterocycles. The van der Waals surface area contributed by atoms with E-state index in [2.05, 4.69) is 25.3 Å². The molecule has 0 aliphatic carbocycles. The minimum atomic E-state index is -2.83. The van der Waals surface area contributed by atoms with E-state index in [4.69, 9.17) is 0 Å². The first-order chi connectivity index (χ1) is 12.2. The highest BCUT2D eigenvalue weighted by atomic mass is 127. The van der Waals surface area contributed by atoms with Crippen molar-refractivity contribution >= 4 is 29.9 Å². The van der Waals surface area contributed by atoms with E-state index in [0.717, 1.165) is 24.2 Å². The number of alkyl halides is 2. The van der Waals surface area contributed by atoms with Crippen LogP contribution in [0.2, 0.25) is 0 Å². The maximum Gasteiger partial charge on any atom is 0.387 e. The van der Waals surface area contributed by atoms with E-state index in [1.807, 2.05) is 31.2 Å². The van der Waals surface area contributed by atoms with Gasteiger partial charge < -0.3 is 15.4 Å². The topological polar surface area (TPSA) is 58.5 Å². The monoisotopic (exact) mass is 476 g/mol. The predicted molar refractivity (Wildman–Crippen MR) is 109 cm³/mol. The molecule has 0 radical (unpaired) electrons. The van der Waals surface area contributed by atoms with Gasteiger partial charge in [-0.15, -0.1) is 24.0 Å². The summed E-state index contributed by atoms with van der Waals surface area (Å²) >= 11 is 0. The largest absolute Gasteiger partial charge is 0.435 e. The molecule has 0 saturated carbocycles. The quantitative estimate of drug-likeness (QED) is 0.348. The number of nitrogens with one attached hydrogen (secondary N) is 2. The van der Waals surface area contributed by atoms with Crippen LogP contribution in [-0.4, -0.2) is 30.6 Å². The number of guanidine groups is 1. The molecule has 0 saturated heterocycles. The SMILES string of the molecule is CCNC(=NCc1cccc(OC(F)F)c1)NCCc1ccccn1.I. The molecule has 8 heteroatoms. The number of rotatable bonds is 8. The van der Waals surface area contributed by atoms with Crippen LogP contribution in [0.3, 0.4) is 0 Å². The highest BCUT2D eigenvalue weighted by Gasteiger charge is 2.05. The molecule has 0 amide bonds. The van der Waals surface area contributed by atoms with Crippen molar-refractivity contribution < 1.29 is 13.5 Å². The second-order valence-electron chi connectivity index (χ2n) is 5.22. The molecule has 142 valence electrons. The predicted octanol–water partition coefficient (Wildman–Crippen LogP) is 3.60. The zero-order valence-corrected chi connectivity index (χ0v) is 16.8. The first-order valence-electron chi connectivity index (χ1n) is 8.13. The Morgan fingerprint density at radius 1 is 1.19 bits per heavy atom. The highest BCUT2D eigenvalue weighted by molar-refractivity contribution is 14.0. The fourth-order valence-corrected chi connectivity index (χ4v) is 2.19. The van der Waals surface area contributed by atoms with Crippen LogP contribution in [-0.2, 0) is 13.0 Å². The number of pyridine rings is 1. The smallest absolute Gasteiger partial charge is 0.387 e. The van der Waals surface area contributed by atoms with Crippen molar-refractivity contribution in [1.82, 2.24) is 15.6 Å². The van der Waals surface area contributed by atoms with E-state index in [1.165, 1.54) is 6.07 Å². The van der Waals surface area contributed by atoms with Crippen LogP contribution in [0.1, 0.15) is 18.2 Å². The third kappa shape index (κ3) is 8.41. The van der Waals surface area contributed by atoms with Crippen LogP contribution in [0.5, 0.6) is 5.75 Å². The standard InChI is InChI=1S/C18H22F2N4O.HI/c1-2-21-18(23-11-9-15-7-3-4-10-22-15)24-13-14-6-5-8-16(12-14)25-17(19)20;/h3-8,10,12,17H,2,9,11,13H2,1H3,(H2,21,23,24);1H. The number of hydrogen-bond acceptors (Lipinski definition) is 3. The molecule has 1 aromatic carbocycles. The van der Waals surface area contributed by atoms with Gasteiger partial charge in [0.15, 0.2) is 5.96 Å². The number of nitrogens with zero attached hydrogens (tertiary/aromatic N) is 2. The van der Waals surface area contributed by atoms with Gasteiger partial charge >= 0.3 is 6.61 Å². The van der Waals surface area contributed by atoms with Crippen LogP contribution >= 0.6 is 24.0 Å². The average molecular weight is 476 g/mol. The first-order valence-corrected chi connectivity index (χ1v) is 8.13. The number of ether oxygens (including phenoxy) is 1. The second kappa shape index (κ2) is 12.4. The number of aromatic nitrogens is 1. The van der Waals surface area contributed by atoms with E-state index in [0.29, 0.717) is 19.0 Å². The Labute approximate surface area is 169 Å². The Kier molecular flexibility index (Phi) is 10.5. The van der Waals surface area contributed by atoms with Gasteiger partial charge in [-0.2, -0.15) is 8.78 Å². The summed E-state index contributed by atoms with van der Waals surface area (Å²) in [6, 6.07) is 12.4. The molecule has 0 aliphatic rings. The van der Waals surface area contributed by atoms with Crippen molar-refractivity contribution in [3.63, 3.8) is 0 Å². The molecule has 0 bridgehead atoms. The number of hydrogen-bond donors (Lipinski definition) is 2. The molecule has 2 aromatic rings. The summed E-state index contributed by atoms with van der Waals surface area (Å²) in [5.74, 6) is 0.800. The van der Waals surface area contributed by atoms with Gasteiger partial charge in [0.2, 0.25) is 0 Å². The molecule has 0 atom stereocenters. The van der Waals surface area contributed by atoms with E-state index in [9.17, 15) is 8.78 Å². The molecule has 0 spiro atoms. The lowest BCUT2D eigenvalue weighted by Crippen LogP contribution is -2.38. The fourth-order valence-electron chi connectivity index (χ4n) is 2.19. The van der Waals surface area contributed by atoms with Crippen molar-refractivity contribution in [2.24, 2.45) is 4.99 Å². The normalized spacial score (nSPS) is 11.0. The molecule has 2 rings (SSSR count). The zero-order valence-electron chi connectivity index (χ0n) is 14.5. The van der Waals surface area contributed by atoms with Crippen LogP contribution in [0, 0.1) is 0 Å². The minimum Gasteiger partial charge on any atom is -0.435 e. The van der Waals surface area contributed by atoms with Gasteiger partial charge in [-0.1, -0.05) is 18.2 Å².